The molecule has 22 heavy (non-hydrogen) atoms. The Morgan fingerprint density at radius 3 is 2.64 bits per heavy atom. The molecule has 1 fully saturated rings. The summed E-state index contributed by atoms with van der Waals surface area (Å²) in [5.74, 6) is 1.08. The molecule has 4 N–H and O–H groups in total. The zero-order chi connectivity index (χ0) is 16.5. The molecule has 124 valence electrons. The number of urea groups is 1. The molecule has 2 atom stereocenters. The third-order valence-corrected chi connectivity index (χ3v) is 4.00. The molecule has 1 aromatic rings. The number of nitrogens with zero attached hydrogens (tertiary/aromatic N) is 2. The molecule has 2 amide bonds. The minimum Gasteiger partial charge on any atom is -0.384 e. The van der Waals surface area contributed by atoms with Gasteiger partial charge in [-0.25, -0.2) is 9.48 Å². The van der Waals surface area contributed by atoms with E-state index in [-0.39, 0.29) is 23.7 Å². The molecule has 6 heteroatoms. The van der Waals surface area contributed by atoms with Crippen LogP contribution in [0.15, 0.2) is 6.07 Å². The van der Waals surface area contributed by atoms with E-state index >= 15 is 0 Å². The first-order valence-corrected chi connectivity index (χ1v) is 8.09. The Labute approximate surface area is 132 Å². The molecule has 6 nitrogen and oxygen atoms in total. The number of rotatable bonds is 3. The van der Waals surface area contributed by atoms with E-state index < -0.39 is 0 Å². The topological polar surface area (TPSA) is 85.0 Å². The summed E-state index contributed by atoms with van der Waals surface area (Å²) in [5.41, 5.74) is 7.01. The van der Waals surface area contributed by atoms with Crippen LogP contribution in [-0.4, -0.2) is 27.9 Å². The molecule has 1 aliphatic rings. The molecule has 0 spiro atoms. The zero-order valence-electron chi connectivity index (χ0n) is 14.3. The normalized spacial score (nSPS) is 22.1. The minimum atomic E-state index is -0.115. The van der Waals surface area contributed by atoms with Crippen LogP contribution in [0.5, 0.6) is 0 Å². The summed E-state index contributed by atoms with van der Waals surface area (Å²) in [5, 5.41) is 10.6. The van der Waals surface area contributed by atoms with E-state index in [1.165, 1.54) is 0 Å². The first-order chi connectivity index (χ1) is 10.2. The molecule has 2 unspecified atom stereocenters. The largest absolute Gasteiger partial charge is 0.384 e. The van der Waals surface area contributed by atoms with E-state index in [9.17, 15) is 4.79 Å². The number of hydrogen-bond acceptors (Lipinski definition) is 3. The average Bonchev–Trinajstić information content (AvgIpc) is 2.93. The van der Waals surface area contributed by atoms with Crippen LogP contribution in [0.25, 0.3) is 0 Å². The SMILES string of the molecule is CC(C)NC(=O)NC1CCC(c2cc(N)n(C(C)(C)C)n2)C1. The van der Waals surface area contributed by atoms with E-state index in [0.717, 1.165) is 25.0 Å². The molecule has 2 rings (SSSR count). The Morgan fingerprint density at radius 2 is 2.09 bits per heavy atom. The zero-order valence-corrected chi connectivity index (χ0v) is 14.3. The minimum absolute atomic E-state index is 0.0830. The van der Waals surface area contributed by atoms with Crippen molar-refractivity contribution in [3.8, 4) is 0 Å². The molecular formula is C16H29N5O. The van der Waals surface area contributed by atoms with Gasteiger partial charge in [-0.05, 0) is 53.9 Å². The molecule has 1 saturated carbocycles. The highest BCUT2D eigenvalue weighted by molar-refractivity contribution is 5.74. The summed E-state index contributed by atoms with van der Waals surface area (Å²) < 4.78 is 1.88. The number of nitrogens with two attached hydrogens (primary N) is 1. The lowest BCUT2D eigenvalue weighted by molar-refractivity contribution is 0.234. The average molecular weight is 307 g/mol. The number of hydrogen-bond donors (Lipinski definition) is 3. The smallest absolute Gasteiger partial charge is 0.315 e. The number of carbonyl (C=O) groups excluding carboxylic acids is 1. The second-order valence-electron chi connectivity index (χ2n) is 7.56. The standard InChI is InChI=1S/C16H29N5O/c1-10(2)18-15(22)19-12-7-6-11(8-12)13-9-14(17)21(20-13)16(3,4)5/h9-12H,6-8,17H2,1-5H3,(H2,18,19,22). The van der Waals surface area contributed by atoms with Crippen molar-refractivity contribution in [1.82, 2.24) is 20.4 Å². The monoisotopic (exact) mass is 307 g/mol. The summed E-state index contributed by atoms with van der Waals surface area (Å²) in [4.78, 5) is 11.8. The number of aromatic nitrogens is 2. The van der Waals surface area contributed by atoms with Crippen molar-refractivity contribution in [3.05, 3.63) is 11.8 Å². The maximum absolute atomic E-state index is 11.8. The van der Waals surface area contributed by atoms with Crippen molar-refractivity contribution >= 4 is 11.8 Å². The highest BCUT2D eigenvalue weighted by Gasteiger charge is 2.30. The second kappa shape index (κ2) is 6.18. The van der Waals surface area contributed by atoms with E-state index in [0.29, 0.717) is 11.7 Å². The Morgan fingerprint density at radius 1 is 1.41 bits per heavy atom. The molecule has 0 bridgehead atoms. The van der Waals surface area contributed by atoms with Crippen molar-refractivity contribution in [2.75, 3.05) is 5.73 Å². The Balaban J connectivity index is 1.97. The van der Waals surface area contributed by atoms with Crippen molar-refractivity contribution in [2.45, 2.75) is 77.4 Å². The molecule has 1 heterocycles. The third kappa shape index (κ3) is 3.93. The van der Waals surface area contributed by atoms with E-state index in [1.807, 2.05) is 24.6 Å². The lowest BCUT2D eigenvalue weighted by atomic mass is 10.0. The van der Waals surface area contributed by atoms with Crippen molar-refractivity contribution in [3.63, 3.8) is 0 Å². The first-order valence-electron chi connectivity index (χ1n) is 8.09. The summed E-state index contributed by atoms with van der Waals surface area (Å²) in [6.45, 7) is 10.2. The Kier molecular flexibility index (Phi) is 4.68. The van der Waals surface area contributed by atoms with Gasteiger partial charge in [-0.1, -0.05) is 0 Å². The molecule has 1 aliphatic carbocycles. The summed E-state index contributed by atoms with van der Waals surface area (Å²) in [7, 11) is 0. The van der Waals surface area contributed by atoms with Gasteiger partial charge in [0.05, 0.1) is 11.2 Å². The van der Waals surface area contributed by atoms with E-state index in [2.05, 4.69) is 36.5 Å². The van der Waals surface area contributed by atoms with Crippen LogP contribution in [0, 0.1) is 0 Å². The number of nitrogens with one attached hydrogen (secondary N) is 2. The second-order valence-corrected chi connectivity index (χ2v) is 7.56. The van der Waals surface area contributed by atoms with E-state index in [4.69, 9.17) is 5.73 Å². The fourth-order valence-electron chi connectivity index (χ4n) is 3.02. The summed E-state index contributed by atoms with van der Waals surface area (Å²) >= 11 is 0. The van der Waals surface area contributed by atoms with Gasteiger partial charge in [0.15, 0.2) is 0 Å². The van der Waals surface area contributed by atoms with Gasteiger partial charge in [0.2, 0.25) is 0 Å². The van der Waals surface area contributed by atoms with Gasteiger partial charge in [-0.3, -0.25) is 0 Å². The Bertz CT molecular complexity index is 529. The van der Waals surface area contributed by atoms with Gasteiger partial charge in [0, 0.05) is 24.1 Å². The lowest BCUT2D eigenvalue weighted by Crippen LogP contribution is -2.43. The van der Waals surface area contributed by atoms with Crippen molar-refractivity contribution in [1.29, 1.82) is 0 Å². The van der Waals surface area contributed by atoms with Crippen molar-refractivity contribution < 1.29 is 4.79 Å². The molecular weight excluding hydrogens is 278 g/mol. The van der Waals surface area contributed by atoms with Crippen LogP contribution in [0.3, 0.4) is 0 Å². The number of anilines is 1. The van der Waals surface area contributed by atoms with Crippen LogP contribution in [0.1, 0.15) is 65.5 Å². The van der Waals surface area contributed by atoms with Gasteiger partial charge >= 0.3 is 6.03 Å². The van der Waals surface area contributed by atoms with Crippen LogP contribution in [0.2, 0.25) is 0 Å². The fourth-order valence-corrected chi connectivity index (χ4v) is 3.02. The van der Waals surface area contributed by atoms with Crippen LogP contribution < -0.4 is 16.4 Å². The molecule has 0 radical (unpaired) electrons. The highest BCUT2D eigenvalue weighted by atomic mass is 16.2. The molecule has 0 saturated heterocycles. The van der Waals surface area contributed by atoms with Crippen molar-refractivity contribution in [2.24, 2.45) is 0 Å². The van der Waals surface area contributed by atoms with Gasteiger partial charge in [0.25, 0.3) is 0 Å². The molecule has 1 aromatic heterocycles. The highest BCUT2D eigenvalue weighted by Crippen LogP contribution is 2.35. The quantitative estimate of drug-likeness (QED) is 0.802. The van der Waals surface area contributed by atoms with Crippen LogP contribution in [-0.2, 0) is 5.54 Å². The van der Waals surface area contributed by atoms with Gasteiger partial charge in [-0.15, -0.1) is 0 Å². The lowest BCUT2D eigenvalue weighted by Gasteiger charge is -2.20. The first kappa shape index (κ1) is 16.6. The molecule has 0 aliphatic heterocycles. The third-order valence-electron chi connectivity index (χ3n) is 4.00. The Hall–Kier alpha value is -1.72. The number of carbonyl (C=O) groups is 1. The van der Waals surface area contributed by atoms with Gasteiger partial charge in [-0.2, -0.15) is 5.10 Å². The maximum Gasteiger partial charge on any atom is 0.315 e. The molecule has 0 aromatic carbocycles. The van der Waals surface area contributed by atoms with Gasteiger partial charge < -0.3 is 16.4 Å². The number of amides is 2. The predicted octanol–water partition coefficient (Wildman–Crippen LogP) is 2.56. The van der Waals surface area contributed by atoms with Crippen LogP contribution in [0.4, 0.5) is 10.6 Å². The fraction of sp³-hybridized carbons (Fsp3) is 0.750. The van der Waals surface area contributed by atoms with E-state index in [1.54, 1.807) is 0 Å². The predicted molar refractivity (Wildman–Crippen MR) is 88.8 cm³/mol. The maximum atomic E-state index is 11.8. The summed E-state index contributed by atoms with van der Waals surface area (Å²) in [6, 6.07) is 2.26. The number of nitrogen functional groups attached to an aromatic ring is 1. The van der Waals surface area contributed by atoms with Gasteiger partial charge in [0.1, 0.15) is 5.82 Å². The summed E-state index contributed by atoms with van der Waals surface area (Å²) in [6.07, 6.45) is 2.94. The van der Waals surface area contributed by atoms with Crippen LogP contribution >= 0.6 is 0 Å².